The van der Waals surface area contributed by atoms with Crippen LogP contribution in [0, 0.1) is 5.92 Å². The van der Waals surface area contributed by atoms with Crippen molar-refractivity contribution in [1.82, 2.24) is 0 Å². The highest BCUT2D eigenvalue weighted by atomic mass is 32.2. The second-order valence-corrected chi connectivity index (χ2v) is 10.5. The molecular formula is C24H38O5S. The molecule has 2 unspecified atom stereocenters. The highest BCUT2D eigenvalue weighted by molar-refractivity contribution is 7.85. The minimum absolute atomic E-state index is 0.00495. The molecule has 1 aromatic rings. The summed E-state index contributed by atoms with van der Waals surface area (Å²) < 4.78 is 35.0. The molecule has 6 heteroatoms. The van der Waals surface area contributed by atoms with Crippen LogP contribution in [-0.4, -0.2) is 31.3 Å². The molecule has 0 aromatic heterocycles. The van der Waals surface area contributed by atoms with Gasteiger partial charge < -0.3 is 4.74 Å². The zero-order valence-corrected chi connectivity index (χ0v) is 19.9. The van der Waals surface area contributed by atoms with E-state index in [2.05, 4.69) is 64.1 Å². The number of esters is 1. The maximum Gasteiger partial charge on any atom is 0.308 e. The van der Waals surface area contributed by atoms with E-state index in [1.165, 1.54) is 11.1 Å². The average molecular weight is 439 g/mol. The molecular weight excluding hydrogens is 400 g/mol. The van der Waals surface area contributed by atoms with Crippen molar-refractivity contribution in [3.8, 4) is 0 Å². The Morgan fingerprint density at radius 3 is 2.33 bits per heavy atom. The molecule has 0 fully saturated rings. The van der Waals surface area contributed by atoms with Gasteiger partial charge in [0.15, 0.2) is 0 Å². The fourth-order valence-corrected chi connectivity index (χ4v) is 3.68. The molecule has 170 valence electrons. The molecule has 0 bridgehead atoms. The number of benzene rings is 1. The molecule has 1 N–H and O–H groups in total. The van der Waals surface area contributed by atoms with Crippen molar-refractivity contribution in [2.24, 2.45) is 5.92 Å². The predicted molar refractivity (Wildman–Crippen MR) is 122 cm³/mol. The number of hydrogen-bond donors (Lipinski definition) is 1. The summed E-state index contributed by atoms with van der Waals surface area (Å²) in [5.74, 6) is -0.480. The summed E-state index contributed by atoms with van der Waals surface area (Å²) in [7, 11) is -4.00. The van der Waals surface area contributed by atoms with E-state index >= 15 is 0 Å². The van der Waals surface area contributed by atoms with Crippen molar-refractivity contribution in [1.29, 1.82) is 0 Å². The zero-order chi connectivity index (χ0) is 22.8. The highest BCUT2D eigenvalue weighted by Gasteiger charge is 2.15. The topological polar surface area (TPSA) is 80.7 Å². The van der Waals surface area contributed by atoms with Gasteiger partial charge in [-0.15, -0.1) is 0 Å². The van der Waals surface area contributed by atoms with Gasteiger partial charge in [0.1, 0.15) is 0 Å². The maximum atomic E-state index is 11.9. The molecule has 0 saturated heterocycles. The van der Waals surface area contributed by atoms with Crippen molar-refractivity contribution >= 4 is 16.1 Å². The molecule has 2 atom stereocenters. The average Bonchev–Trinajstić information content (AvgIpc) is 2.66. The van der Waals surface area contributed by atoms with Gasteiger partial charge in [-0.3, -0.25) is 9.35 Å². The van der Waals surface area contributed by atoms with Crippen LogP contribution in [-0.2, 0) is 25.1 Å². The smallest absolute Gasteiger partial charge is 0.308 e. The third kappa shape index (κ3) is 10.4. The molecule has 0 amide bonds. The number of carbonyl (C=O) groups is 1. The molecule has 0 heterocycles. The van der Waals surface area contributed by atoms with Crippen molar-refractivity contribution in [2.45, 2.75) is 78.1 Å². The van der Waals surface area contributed by atoms with Gasteiger partial charge in [-0.05, 0) is 54.6 Å². The second kappa shape index (κ2) is 12.3. The Labute approximate surface area is 182 Å². The highest BCUT2D eigenvalue weighted by Crippen LogP contribution is 2.28. The predicted octanol–water partition coefficient (Wildman–Crippen LogP) is 5.66. The number of allylic oxidation sites excluding steroid dienone is 2. The van der Waals surface area contributed by atoms with Gasteiger partial charge in [-0.2, -0.15) is 8.42 Å². The molecule has 5 nitrogen and oxygen atoms in total. The van der Waals surface area contributed by atoms with Crippen LogP contribution < -0.4 is 0 Å². The van der Waals surface area contributed by atoms with E-state index in [-0.39, 0.29) is 30.3 Å². The summed E-state index contributed by atoms with van der Waals surface area (Å²) in [6.45, 7) is 10.7. The molecule has 0 radical (unpaired) electrons. The Morgan fingerprint density at radius 2 is 1.80 bits per heavy atom. The third-order valence-electron chi connectivity index (χ3n) is 5.29. The number of hydrogen-bond acceptors (Lipinski definition) is 4. The van der Waals surface area contributed by atoms with Crippen molar-refractivity contribution < 1.29 is 22.5 Å². The lowest BCUT2D eigenvalue weighted by molar-refractivity contribution is -0.148. The van der Waals surface area contributed by atoms with E-state index in [0.29, 0.717) is 12.3 Å². The lowest BCUT2D eigenvalue weighted by atomic mass is 9.84. The first-order valence-corrected chi connectivity index (χ1v) is 12.4. The minimum Gasteiger partial charge on any atom is -0.465 e. The molecule has 0 aliphatic rings. The van der Waals surface area contributed by atoms with Crippen LogP contribution in [0.3, 0.4) is 0 Å². The van der Waals surface area contributed by atoms with Gasteiger partial charge in [0, 0.05) is 0 Å². The molecule has 0 aliphatic heterocycles. The van der Waals surface area contributed by atoms with Crippen LogP contribution in [0.15, 0.2) is 36.4 Å². The van der Waals surface area contributed by atoms with Gasteiger partial charge in [-0.1, -0.05) is 71.0 Å². The molecule has 0 spiro atoms. The normalized spacial score (nSPS) is 14.6. The molecule has 0 aliphatic carbocycles. The zero-order valence-electron chi connectivity index (χ0n) is 19.1. The van der Waals surface area contributed by atoms with E-state index in [9.17, 15) is 13.2 Å². The largest absolute Gasteiger partial charge is 0.465 e. The lowest BCUT2D eigenvalue weighted by Crippen LogP contribution is -2.17. The Kier molecular flexibility index (Phi) is 10.8. The number of rotatable bonds is 12. The van der Waals surface area contributed by atoms with Crippen molar-refractivity contribution in [3.05, 3.63) is 47.5 Å². The standard InChI is InChI=1S/C24H38O5S/c1-6-20(21-13-15-22(16-14-21)24(3,4)5)12-9-7-8-11-19(2)23(25)29-17-10-18-30(26,27)28/h7,9,13-16,19-20H,6,8,10-12,17-18H2,1-5H3,(H,26,27,28)/b9-7+. The van der Waals surface area contributed by atoms with Gasteiger partial charge in [0.05, 0.1) is 18.3 Å². The van der Waals surface area contributed by atoms with Crippen LogP contribution in [0.2, 0.25) is 0 Å². The fourth-order valence-electron chi connectivity index (χ4n) is 3.19. The lowest BCUT2D eigenvalue weighted by Gasteiger charge is -2.20. The summed E-state index contributed by atoms with van der Waals surface area (Å²) in [6, 6.07) is 8.93. The van der Waals surface area contributed by atoms with Crippen LogP contribution >= 0.6 is 0 Å². The molecule has 1 rings (SSSR count). The van der Waals surface area contributed by atoms with Gasteiger partial charge in [-0.25, -0.2) is 0 Å². The van der Waals surface area contributed by atoms with Gasteiger partial charge >= 0.3 is 5.97 Å². The number of carbonyl (C=O) groups excluding carboxylic acids is 1. The number of ether oxygens (including phenoxy) is 1. The first-order chi connectivity index (χ1) is 13.9. The van der Waals surface area contributed by atoms with Gasteiger partial charge in [0.2, 0.25) is 0 Å². The Morgan fingerprint density at radius 1 is 1.17 bits per heavy atom. The Hall–Kier alpha value is -1.66. The first-order valence-electron chi connectivity index (χ1n) is 10.8. The third-order valence-corrected chi connectivity index (χ3v) is 6.09. The van der Waals surface area contributed by atoms with Crippen LogP contribution in [0.1, 0.15) is 83.8 Å². The summed E-state index contributed by atoms with van der Waals surface area (Å²) in [5.41, 5.74) is 2.86. The van der Waals surface area contributed by atoms with E-state index in [1.807, 2.05) is 6.92 Å². The van der Waals surface area contributed by atoms with Crippen LogP contribution in [0.5, 0.6) is 0 Å². The van der Waals surface area contributed by atoms with E-state index in [0.717, 1.165) is 19.3 Å². The first kappa shape index (κ1) is 26.4. The summed E-state index contributed by atoms with van der Waals surface area (Å²) in [5, 5.41) is 0. The fraction of sp³-hybridized carbons (Fsp3) is 0.625. The van der Waals surface area contributed by atoms with E-state index < -0.39 is 15.9 Å². The van der Waals surface area contributed by atoms with Crippen LogP contribution in [0.25, 0.3) is 0 Å². The van der Waals surface area contributed by atoms with Gasteiger partial charge in [0.25, 0.3) is 10.1 Å². The van der Waals surface area contributed by atoms with E-state index in [1.54, 1.807) is 0 Å². The van der Waals surface area contributed by atoms with Crippen molar-refractivity contribution in [2.75, 3.05) is 12.4 Å². The SMILES string of the molecule is CCC(C/C=C/CCC(C)C(=O)OCCCS(=O)(=O)O)c1ccc(C(C)(C)C)cc1. The molecule has 30 heavy (non-hydrogen) atoms. The Balaban J connectivity index is 2.38. The van der Waals surface area contributed by atoms with Crippen molar-refractivity contribution in [3.63, 3.8) is 0 Å². The summed E-state index contributed by atoms with van der Waals surface area (Å²) >= 11 is 0. The Bertz CT molecular complexity index is 773. The van der Waals surface area contributed by atoms with Crippen LogP contribution in [0.4, 0.5) is 0 Å². The summed E-state index contributed by atoms with van der Waals surface area (Å²) in [6.07, 6.45) is 7.94. The monoisotopic (exact) mass is 438 g/mol. The molecule has 0 saturated carbocycles. The second-order valence-electron chi connectivity index (χ2n) is 8.97. The van der Waals surface area contributed by atoms with E-state index in [4.69, 9.17) is 9.29 Å². The summed E-state index contributed by atoms with van der Waals surface area (Å²) in [4.78, 5) is 11.9. The quantitative estimate of drug-likeness (QED) is 0.197. The minimum atomic E-state index is -4.00. The molecule has 1 aromatic carbocycles. The maximum absolute atomic E-state index is 11.9.